The second kappa shape index (κ2) is 7.71. The number of ether oxygens (including phenoxy) is 1. The Balaban J connectivity index is 1.93. The van der Waals surface area contributed by atoms with Crippen LogP contribution in [0.1, 0.15) is 62.5 Å². The molecule has 1 aliphatic rings. The van der Waals surface area contributed by atoms with Crippen LogP contribution in [0, 0.1) is 5.92 Å². The lowest BCUT2D eigenvalue weighted by atomic mass is 9.92. The Kier molecular flexibility index (Phi) is 5.93. The Labute approximate surface area is 116 Å². The first-order chi connectivity index (χ1) is 9.33. The van der Waals surface area contributed by atoms with Gasteiger partial charge in [0.1, 0.15) is 18.1 Å². The molecule has 1 fully saturated rings. The molecule has 0 amide bonds. The molecule has 1 aromatic rings. The Morgan fingerprint density at radius 2 is 2.00 bits per heavy atom. The Bertz CT molecular complexity index is 353. The summed E-state index contributed by atoms with van der Waals surface area (Å²) < 4.78 is 11.0. The summed E-state index contributed by atoms with van der Waals surface area (Å²) in [5, 5.41) is 3.41. The van der Waals surface area contributed by atoms with Crippen molar-refractivity contribution in [2.75, 3.05) is 14.2 Å². The predicted molar refractivity (Wildman–Crippen MR) is 77.0 cm³/mol. The third-order valence-corrected chi connectivity index (χ3v) is 4.20. The van der Waals surface area contributed by atoms with Crippen LogP contribution < -0.4 is 5.32 Å². The van der Waals surface area contributed by atoms with Crippen LogP contribution in [-0.2, 0) is 11.3 Å². The summed E-state index contributed by atoms with van der Waals surface area (Å²) >= 11 is 0. The van der Waals surface area contributed by atoms with Crippen molar-refractivity contribution in [2.24, 2.45) is 5.92 Å². The zero-order valence-corrected chi connectivity index (χ0v) is 12.3. The lowest BCUT2D eigenvalue weighted by Crippen LogP contribution is -2.19. The van der Waals surface area contributed by atoms with Crippen molar-refractivity contribution in [1.29, 1.82) is 0 Å². The first-order valence-corrected chi connectivity index (χ1v) is 7.58. The molecule has 3 nitrogen and oxygen atoms in total. The highest BCUT2D eigenvalue weighted by atomic mass is 16.5. The minimum Gasteiger partial charge on any atom is -0.462 e. The molecule has 0 aromatic carbocycles. The minimum absolute atomic E-state index is 0.341. The average Bonchev–Trinajstić information content (AvgIpc) is 2.73. The van der Waals surface area contributed by atoms with E-state index in [0.29, 0.717) is 12.6 Å². The fourth-order valence-corrected chi connectivity index (χ4v) is 3.11. The number of hydrogen-bond acceptors (Lipinski definition) is 3. The van der Waals surface area contributed by atoms with E-state index in [0.717, 1.165) is 17.4 Å². The SMILES string of the molecule is CNC(CC1CCCCCC1)c1ccc(COC)o1. The number of furan rings is 1. The summed E-state index contributed by atoms with van der Waals surface area (Å²) in [7, 11) is 3.73. The Morgan fingerprint density at radius 3 is 2.63 bits per heavy atom. The van der Waals surface area contributed by atoms with Crippen LogP contribution in [0.2, 0.25) is 0 Å². The molecular formula is C16H27NO2. The van der Waals surface area contributed by atoms with Crippen molar-refractivity contribution >= 4 is 0 Å². The highest BCUT2D eigenvalue weighted by Gasteiger charge is 2.20. The molecule has 1 saturated carbocycles. The molecule has 2 rings (SSSR count). The van der Waals surface area contributed by atoms with Crippen molar-refractivity contribution < 1.29 is 9.15 Å². The molecule has 3 heteroatoms. The van der Waals surface area contributed by atoms with Crippen molar-refractivity contribution in [3.8, 4) is 0 Å². The first kappa shape index (κ1) is 14.6. The van der Waals surface area contributed by atoms with Gasteiger partial charge in [0.05, 0.1) is 6.04 Å². The van der Waals surface area contributed by atoms with E-state index >= 15 is 0 Å². The van der Waals surface area contributed by atoms with Crippen LogP contribution in [-0.4, -0.2) is 14.2 Å². The maximum atomic E-state index is 5.86. The highest BCUT2D eigenvalue weighted by molar-refractivity contribution is 5.10. The summed E-state index contributed by atoms with van der Waals surface area (Å²) in [5.41, 5.74) is 0. The molecule has 19 heavy (non-hydrogen) atoms. The Morgan fingerprint density at radius 1 is 1.26 bits per heavy atom. The summed E-state index contributed by atoms with van der Waals surface area (Å²) in [6, 6.07) is 4.45. The van der Waals surface area contributed by atoms with Gasteiger partial charge in [0.25, 0.3) is 0 Å². The van der Waals surface area contributed by atoms with Crippen molar-refractivity contribution in [3.63, 3.8) is 0 Å². The Hall–Kier alpha value is -0.800. The fraction of sp³-hybridized carbons (Fsp3) is 0.750. The topological polar surface area (TPSA) is 34.4 Å². The van der Waals surface area contributed by atoms with E-state index in [-0.39, 0.29) is 0 Å². The predicted octanol–water partition coefficient (Wildman–Crippen LogP) is 4.05. The summed E-state index contributed by atoms with van der Waals surface area (Å²) in [6.45, 7) is 0.555. The van der Waals surface area contributed by atoms with E-state index in [1.165, 1.54) is 44.9 Å². The molecule has 1 aromatic heterocycles. The summed E-state index contributed by atoms with van der Waals surface area (Å²) in [5.74, 6) is 2.81. The molecule has 0 radical (unpaired) electrons. The van der Waals surface area contributed by atoms with E-state index in [4.69, 9.17) is 9.15 Å². The van der Waals surface area contributed by atoms with Gasteiger partial charge in [0, 0.05) is 7.11 Å². The fourth-order valence-electron chi connectivity index (χ4n) is 3.11. The standard InChI is InChI=1S/C16H27NO2/c1-17-15(11-13-7-5-3-4-6-8-13)16-10-9-14(19-16)12-18-2/h9-10,13,15,17H,3-8,11-12H2,1-2H3. The zero-order valence-electron chi connectivity index (χ0n) is 12.3. The van der Waals surface area contributed by atoms with Crippen LogP contribution in [0.15, 0.2) is 16.5 Å². The molecule has 108 valence electrons. The van der Waals surface area contributed by atoms with Crippen LogP contribution in [0.25, 0.3) is 0 Å². The van der Waals surface area contributed by atoms with Gasteiger partial charge in [0.15, 0.2) is 0 Å². The lowest BCUT2D eigenvalue weighted by molar-refractivity contribution is 0.160. The number of rotatable bonds is 6. The quantitative estimate of drug-likeness (QED) is 0.788. The first-order valence-electron chi connectivity index (χ1n) is 7.58. The van der Waals surface area contributed by atoms with Crippen LogP contribution in [0.5, 0.6) is 0 Å². The normalized spacial score (nSPS) is 19.3. The monoisotopic (exact) mass is 265 g/mol. The van der Waals surface area contributed by atoms with Gasteiger partial charge < -0.3 is 14.5 Å². The van der Waals surface area contributed by atoms with Crippen LogP contribution >= 0.6 is 0 Å². The molecule has 1 aliphatic carbocycles. The van der Waals surface area contributed by atoms with Gasteiger partial charge in [0.2, 0.25) is 0 Å². The second-order valence-electron chi connectivity index (χ2n) is 5.67. The van der Waals surface area contributed by atoms with Gasteiger partial charge in [-0.3, -0.25) is 0 Å². The maximum Gasteiger partial charge on any atom is 0.129 e. The minimum atomic E-state index is 0.341. The van der Waals surface area contributed by atoms with Gasteiger partial charge >= 0.3 is 0 Å². The molecule has 0 spiro atoms. The number of hydrogen-bond donors (Lipinski definition) is 1. The van der Waals surface area contributed by atoms with Gasteiger partial charge in [-0.2, -0.15) is 0 Å². The van der Waals surface area contributed by atoms with Crippen molar-refractivity contribution in [3.05, 3.63) is 23.7 Å². The third kappa shape index (κ3) is 4.36. The van der Waals surface area contributed by atoms with Crippen LogP contribution in [0.3, 0.4) is 0 Å². The van der Waals surface area contributed by atoms with Crippen molar-refractivity contribution in [1.82, 2.24) is 5.32 Å². The van der Waals surface area contributed by atoms with E-state index in [2.05, 4.69) is 11.4 Å². The number of nitrogens with one attached hydrogen (secondary N) is 1. The summed E-state index contributed by atoms with van der Waals surface area (Å²) in [4.78, 5) is 0. The molecule has 1 unspecified atom stereocenters. The summed E-state index contributed by atoms with van der Waals surface area (Å²) in [6.07, 6.45) is 9.57. The molecular weight excluding hydrogens is 238 g/mol. The van der Waals surface area contributed by atoms with Gasteiger partial charge in [-0.25, -0.2) is 0 Å². The third-order valence-electron chi connectivity index (χ3n) is 4.20. The second-order valence-corrected chi connectivity index (χ2v) is 5.67. The molecule has 0 aliphatic heterocycles. The zero-order chi connectivity index (χ0) is 13.5. The molecule has 0 saturated heterocycles. The van der Waals surface area contributed by atoms with E-state index in [1.54, 1.807) is 7.11 Å². The van der Waals surface area contributed by atoms with E-state index in [9.17, 15) is 0 Å². The molecule has 0 bridgehead atoms. The molecule has 1 atom stereocenters. The highest BCUT2D eigenvalue weighted by Crippen LogP contribution is 2.31. The lowest BCUT2D eigenvalue weighted by Gasteiger charge is -2.20. The van der Waals surface area contributed by atoms with Gasteiger partial charge in [-0.1, -0.05) is 38.5 Å². The smallest absolute Gasteiger partial charge is 0.129 e. The molecule has 1 heterocycles. The largest absolute Gasteiger partial charge is 0.462 e. The van der Waals surface area contributed by atoms with Gasteiger partial charge in [-0.15, -0.1) is 0 Å². The van der Waals surface area contributed by atoms with Gasteiger partial charge in [-0.05, 0) is 31.5 Å². The average molecular weight is 265 g/mol. The van der Waals surface area contributed by atoms with Crippen molar-refractivity contribution in [2.45, 2.75) is 57.6 Å². The number of methoxy groups -OCH3 is 1. The maximum absolute atomic E-state index is 5.86. The van der Waals surface area contributed by atoms with E-state index < -0.39 is 0 Å². The van der Waals surface area contributed by atoms with E-state index in [1.807, 2.05) is 13.1 Å². The van der Waals surface area contributed by atoms with Crippen LogP contribution in [0.4, 0.5) is 0 Å². The molecule has 1 N–H and O–H groups in total.